The molecule has 0 amide bonds. The summed E-state index contributed by atoms with van der Waals surface area (Å²) < 4.78 is 5.80. The Hall–Kier alpha value is -1.87. The quantitative estimate of drug-likeness (QED) is 0.380. The molecule has 1 N–H and O–H groups in total. The molecule has 0 saturated carbocycles. The molecule has 1 aliphatic heterocycles. The number of nitrogens with one attached hydrogen (secondary N) is 1. The van der Waals surface area contributed by atoms with Gasteiger partial charge < -0.3 is 15.0 Å². The van der Waals surface area contributed by atoms with Crippen LogP contribution in [0.25, 0.3) is 0 Å². The first-order valence-electron chi connectivity index (χ1n) is 9.52. The molecule has 28 heavy (non-hydrogen) atoms. The van der Waals surface area contributed by atoms with Crippen LogP contribution in [-0.2, 0) is 6.54 Å². The van der Waals surface area contributed by atoms with E-state index in [2.05, 4.69) is 38.1 Å². The molecule has 0 bridgehead atoms. The summed E-state index contributed by atoms with van der Waals surface area (Å²) in [7, 11) is 1.84. The number of aryl methyl sites for hydroxylation is 1. The molecule has 7 heteroatoms. The minimum absolute atomic E-state index is 0. The van der Waals surface area contributed by atoms with E-state index >= 15 is 0 Å². The number of ether oxygens (including phenoxy) is 1. The molecule has 3 rings (SSSR count). The average Bonchev–Trinajstić information content (AvgIpc) is 2.71. The third-order valence-electron chi connectivity index (χ3n) is 4.83. The minimum Gasteiger partial charge on any atom is -0.492 e. The Morgan fingerprint density at radius 1 is 1.11 bits per heavy atom. The van der Waals surface area contributed by atoms with Crippen LogP contribution < -0.4 is 10.1 Å². The first kappa shape index (κ1) is 22.4. The van der Waals surface area contributed by atoms with E-state index in [1.54, 1.807) is 0 Å². The summed E-state index contributed by atoms with van der Waals surface area (Å²) in [6.45, 7) is 8.41. The molecule has 1 fully saturated rings. The summed E-state index contributed by atoms with van der Waals surface area (Å²) in [5.41, 5.74) is 2.26. The van der Waals surface area contributed by atoms with Crippen LogP contribution >= 0.6 is 24.0 Å². The summed E-state index contributed by atoms with van der Waals surface area (Å²) in [6, 6.07) is 14.0. The van der Waals surface area contributed by atoms with E-state index in [0.29, 0.717) is 6.54 Å². The van der Waals surface area contributed by atoms with E-state index in [9.17, 15) is 0 Å². The Balaban J connectivity index is 0.00000280. The average molecular weight is 495 g/mol. The van der Waals surface area contributed by atoms with Crippen LogP contribution in [0.5, 0.6) is 5.75 Å². The maximum absolute atomic E-state index is 5.80. The lowest BCUT2D eigenvalue weighted by Crippen LogP contribution is -2.52. The van der Waals surface area contributed by atoms with Crippen LogP contribution in [0.2, 0.25) is 0 Å². The topological polar surface area (TPSA) is 53.0 Å². The SMILES string of the molecule is CN=C(NCc1ncccc1C)N1CCN(CCOc2ccccc2)CC1.I. The monoisotopic (exact) mass is 495 g/mol. The van der Waals surface area contributed by atoms with Gasteiger partial charge in [0.25, 0.3) is 0 Å². The van der Waals surface area contributed by atoms with Crippen molar-refractivity contribution in [2.24, 2.45) is 4.99 Å². The van der Waals surface area contributed by atoms with Gasteiger partial charge in [-0.15, -0.1) is 24.0 Å². The summed E-state index contributed by atoms with van der Waals surface area (Å²) in [5.74, 6) is 1.88. The lowest BCUT2D eigenvalue weighted by molar-refractivity contribution is 0.152. The van der Waals surface area contributed by atoms with Gasteiger partial charge in [0.2, 0.25) is 0 Å². The Morgan fingerprint density at radius 3 is 2.54 bits per heavy atom. The number of rotatable bonds is 6. The van der Waals surface area contributed by atoms with Crippen LogP contribution in [0, 0.1) is 6.92 Å². The van der Waals surface area contributed by atoms with Crippen LogP contribution in [-0.4, -0.2) is 67.1 Å². The molecular formula is C21H30IN5O. The Morgan fingerprint density at radius 2 is 1.86 bits per heavy atom. The first-order chi connectivity index (χ1) is 13.3. The molecule has 0 unspecified atom stereocenters. The third kappa shape index (κ3) is 6.63. The lowest BCUT2D eigenvalue weighted by Gasteiger charge is -2.36. The van der Waals surface area contributed by atoms with Gasteiger partial charge >= 0.3 is 0 Å². The maximum Gasteiger partial charge on any atom is 0.194 e. The summed E-state index contributed by atoms with van der Waals surface area (Å²) >= 11 is 0. The highest BCUT2D eigenvalue weighted by molar-refractivity contribution is 14.0. The van der Waals surface area contributed by atoms with Gasteiger partial charge in [0.15, 0.2) is 5.96 Å². The highest BCUT2D eigenvalue weighted by atomic mass is 127. The second-order valence-corrected chi connectivity index (χ2v) is 6.66. The minimum atomic E-state index is 0. The number of benzene rings is 1. The standard InChI is InChI=1S/C21H29N5O.HI/c1-18-7-6-10-23-20(18)17-24-21(22-2)26-13-11-25(12-14-26)15-16-27-19-8-4-3-5-9-19;/h3-10H,11-17H2,1-2H3,(H,22,24);1H. The number of hydrogen-bond donors (Lipinski definition) is 1. The molecule has 1 aliphatic rings. The zero-order valence-electron chi connectivity index (χ0n) is 16.7. The van der Waals surface area contributed by atoms with Crippen molar-refractivity contribution < 1.29 is 4.74 Å². The summed E-state index contributed by atoms with van der Waals surface area (Å²) in [5, 5.41) is 3.45. The van der Waals surface area contributed by atoms with Gasteiger partial charge in [0.1, 0.15) is 12.4 Å². The van der Waals surface area contributed by atoms with Gasteiger partial charge in [0.05, 0.1) is 12.2 Å². The van der Waals surface area contributed by atoms with E-state index in [1.807, 2.05) is 49.6 Å². The fourth-order valence-corrected chi connectivity index (χ4v) is 3.19. The molecule has 0 spiro atoms. The highest BCUT2D eigenvalue weighted by Crippen LogP contribution is 2.09. The molecule has 2 heterocycles. The van der Waals surface area contributed by atoms with Gasteiger partial charge in [0, 0.05) is 46.0 Å². The fourth-order valence-electron chi connectivity index (χ4n) is 3.19. The number of para-hydroxylation sites is 1. The van der Waals surface area contributed by atoms with Crippen molar-refractivity contribution in [2.45, 2.75) is 13.5 Å². The molecular weight excluding hydrogens is 465 g/mol. The number of halogens is 1. The highest BCUT2D eigenvalue weighted by Gasteiger charge is 2.19. The fraction of sp³-hybridized carbons (Fsp3) is 0.429. The Labute approximate surface area is 185 Å². The predicted molar refractivity (Wildman–Crippen MR) is 125 cm³/mol. The van der Waals surface area contributed by atoms with Gasteiger partial charge in [-0.05, 0) is 30.7 Å². The zero-order valence-corrected chi connectivity index (χ0v) is 19.0. The smallest absolute Gasteiger partial charge is 0.194 e. The molecule has 152 valence electrons. The predicted octanol–water partition coefficient (Wildman–Crippen LogP) is 2.78. The van der Waals surface area contributed by atoms with Crippen molar-refractivity contribution in [1.29, 1.82) is 0 Å². The van der Waals surface area contributed by atoms with Crippen LogP contribution in [0.15, 0.2) is 53.7 Å². The molecule has 0 radical (unpaired) electrons. The Bertz CT molecular complexity index is 733. The normalized spacial score (nSPS) is 15.1. The number of piperazine rings is 1. The van der Waals surface area contributed by atoms with Crippen molar-refractivity contribution in [3.63, 3.8) is 0 Å². The van der Waals surface area contributed by atoms with Gasteiger partial charge in [-0.1, -0.05) is 24.3 Å². The van der Waals surface area contributed by atoms with Crippen molar-refractivity contribution in [1.82, 2.24) is 20.1 Å². The largest absolute Gasteiger partial charge is 0.492 e. The Kier molecular flexibility index (Phi) is 9.49. The summed E-state index contributed by atoms with van der Waals surface area (Å²) in [4.78, 5) is 13.6. The second-order valence-electron chi connectivity index (χ2n) is 6.66. The second kappa shape index (κ2) is 11.9. The van der Waals surface area contributed by atoms with Crippen molar-refractivity contribution >= 4 is 29.9 Å². The van der Waals surface area contributed by atoms with Gasteiger partial charge in [-0.3, -0.25) is 14.9 Å². The van der Waals surface area contributed by atoms with Gasteiger partial charge in [-0.25, -0.2) is 0 Å². The molecule has 1 aromatic heterocycles. The molecule has 2 aromatic rings. The van der Waals surface area contributed by atoms with Crippen molar-refractivity contribution in [2.75, 3.05) is 46.4 Å². The van der Waals surface area contributed by atoms with E-state index in [1.165, 1.54) is 5.56 Å². The number of nitrogens with zero attached hydrogens (tertiary/aromatic N) is 4. The van der Waals surface area contributed by atoms with Gasteiger partial charge in [-0.2, -0.15) is 0 Å². The van der Waals surface area contributed by atoms with Crippen molar-refractivity contribution in [3.8, 4) is 5.75 Å². The molecule has 1 saturated heterocycles. The first-order valence-corrected chi connectivity index (χ1v) is 9.52. The van der Waals surface area contributed by atoms with E-state index < -0.39 is 0 Å². The van der Waals surface area contributed by atoms with E-state index in [4.69, 9.17) is 4.74 Å². The lowest BCUT2D eigenvalue weighted by atomic mass is 10.2. The number of aromatic nitrogens is 1. The number of pyridine rings is 1. The molecule has 0 aliphatic carbocycles. The van der Waals surface area contributed by atoms with Crippen LogP contribution in [0.3, 0.4) is 0 Å². The number of guanidine groups is 1. The molecule has 1 aromatic carbocycles. The van der Waals surface area contributed by atoms with E-state index in [-0.39, 0.29) is 24.0 Å². The zero-order chi connectivity index (χ0) is 18.9. The van der Waals surface area contributed by atoms with E-state index in [0.717, 1.165) is 56.7 Å². The molecule has 6 nitrogen and oxygen atoms in total. The third-order valence-corrected chi connectivity index (χ3v) is 4.83. The number of hydrogen-bond acceptors (Lipinski definition) is 4. The maximum atomic E-state index is 5.80. The van der Waals surface area contributed by atoms with Crippen molar-refractivity contribution in [3.05, 3.63) is 59.9 Å². The molecule has 0 atom stereocenters. The van der Waals surface area contributed by atoms with Crippen LogP contribution in [0.4, 0.5) is 0 Å². The number of aliphatic imine (C=N–C) groups is 1. The summed E-state index contributed by atoms with van der Waals surface area (Å²) in [6.07, 6.45) is 1.84. The van der Waals surface area contributed by atoms with Crippen LogP contribution in [0.1, 0.15) is 11.3 Å².